The second-order valence-electron chi connectivity index (χ2n) is 10.8. The number of aliphatic hydroxyl groups is 1. The Labute approximate surface area is 222 Å². The molecule has 0 bridgehead atoms. The highest BCUT2D eigenvalue weighted by atomic mass is 16.3. The standard InChI is InChI=1S/C27H37N7O4/c1-16-5-7-33(8-6-16)27-31-23(11-25(32-27)30-20-14-34(15-20)17(2)35)26(38)29-13-24(37)22-10-18-3-4-21(36)9-19(18)12-28-22/h3-4,9,11,16,20,22,24,28,36-37H,5-8,10,12-15H2,1-2H3,(H,29,38)(H,30,31,32)/t22-,24+/m0/s1. The summed E-state index contributed by atoms with van der Waals surface area (Å²) in [5.74, 6) is 1.62. The van der Waals surface area contributed by atoms with Gasteiger partial charge < -0.3 is 36.0 Å². The number of aliphatic hydroxyl groups excluding tert-OH is 1. The molecular formula is C27H37N7O4. The maximum Gasteiger partial charge on any atom is 0.270 e. The zero-order valence-electron chi connectivity index (χ0n) is 22.0. The number of fused-ring (bicyclic) bond motifs is 1. The van der Waals surface area contributed by atoms with E-state index < -0.39 is 6.10 Å². The largest absolute Gasteiger partial charge is 0.508 e. The first-order valence-corrected chi connectivity index (χ1v) is 13.4. The third kappa shape index (κ3) is 5.99. The molecule has 1 aromatic carbocycles. The van der Waals surface area contributed by atoms with Gasteiger partial charge in [0.15, 0.2) is 0 Å². The minimum Gasteiger partial charge on any atom is -0.508 e. The van der Waals surface area contributed by atoms with Gasteiger partial charge >= 0.3 is 0 Å². The lowest BCUT2D eigenvalue weighted by molar-refractivity contribution is -0.132. The van der Waals surface area contributed by atoms with E-state index in [1.54, 1.807) is 30.0 Å². The van der Waals surface area contributed by atoms with Crippen molar-refractivity contribution in [3.8, 4) is 5.75 Å². The molecule has 2 atom stereocenters. The van der Waals surface area contributed by atoms with E-state index in [2.05, 4.69) is 32.8 Å². The summed E-state index contributed by atoms with van der Waals surface area (Å²) in [7, 11) is 0. The monoisotopic (exact) mass is 523 g/mol. The molecule has 4 heterocycles. The molecule has 0 spiro atoms. The van der Waals surface area contributed by atoms with E-state index in [1.165, 1.54) is 0 Å². The van der Waals surface area contributed by atoms with Crippen molar-refractivity contribution in [1.29, 1.82) is 0 Å². The first-order valence-electron chi connectivity index (χ1n) is 13.4. The average molecular weight is 524 g/mol. The molecule has 11 nitrogen and oxygen atoms in total. The van der Waals surface area contributed by atoms with Crippen LogP contribution in [0.5, 0.6) is 5.75 Å². The second kappa shape index (κ2) is 11.1. The number of aromatic hydroxyl groups is 1. The Bertz CT molecular complexity index is 1180. The number of phenols is 1. The normalized spacial score (nSPS) is 20.9. The maximum atomic E-state index is 13.2. The van der Waals surface area contributed by atoms with Crippen molar-refractivity contribution in [3.05, 3.63) is 41.1 Å². The van der Waals surface area contributed by atoms with Crippen LogP contribution in [0.1, 0.15) is 48.3 Å². The van der Waals surface area contributed by atoms with Gasteiger partial charge in [-0.05, 0) is 48.4 Å². The van der Waals surface area contributed by atoms with E-state index in [0.717, 1.165) is 37.1 Å². The SMILES string of the molecule is CC(=O)N1CC(Nc2cc(C(=O)NC[C@@H](O)[C@@H]3Cc4ccc(O)cc4CN3)nc(N3CCC(C)CC3)n2)C1. The molecule has 38 heavy (non-hydrogen) atoms. The molecule has 2 amide bonds. The molecule has 5 N–H and O–H groups in total. The van der Waals surface area contributed by atoms with Gasteiger partial charge in [-0.3, -0.25) is 9.59 Å². The van der Waals surface area contributed by atoms with Gasteiger partial charge in [0.05, 0.1) is 12.1 Å². The van der Waals surface area contributed by atoms with Gasteiger partial charge in [-0.15, -0.1) is 0 Å². The Hall–Kier alpha value is -3.44. The fraction of sp³-hybridized carbons (Fsp3) is 0.556. The van der Waals surface area contributed by atoms with Crippen LogP contribution in [0.4, 0.5) is 11.8 Å². The predicted octanol–water partition coefficient (Wildman–Crippen LogP) is 0.866. The van der Waals surface area contributed by atoms with Crippen LogP contribution in [0, 0.1) is 5.92 Å². The van der Waals surface area contributed by atoms with Gasteiger partial charge in [0.2, 0.25) is 11.9 Å². The number of hydrogen-bond acceptors (Lipinski definition) is 9. The van der Waals surface area contributed by atoms with Crippen molar-refractivity contribution in [3.63, 3.8) is 0 Å². The van der Waals surface area contributed by atoms with E-state index in [-0.39, 0.29) is 41.9 Å². The molecule has 2 aromatic rings. The number of rotatable bonds is 7. The molecule has 0 unspecified atom stereocenters. The summed E-state index contributed by atoms with van der Waals surface area (Å²) < 4.78 is 0. The van der Waals surface area contributed by atoms with Gasteiger partial charge in [-0.1, -0.05) is 13.0 Å². The molecule has 2 saturated heterocycles. The number of piperidine rings is 1. The van der Waals surface area contributed by atoms with Gasteiger partial charge in [0.1, 0.15) is 17.3 Å². The number of aromatic nitrogens is 2. The minimum atomic E-state index is -0.795. The number of carbonyl (C=O) groups excluding carboxylic acids is 2. The second-order valence-corrected chi connectivity index (χ2v) is 10.8. The van der Waals surface area contributed by atoms with Crippen molar-refractivity contribution in [1.82, 2.24) is 25.5 Å². The first kappa shape index (κ1) is 26.2. The molecule has 3 aliphatic heterocycles. The summed E-state index contributed by atoms with van der Waals surface area (Å²) in [6.07, 6.45) is 1.89. The summed E-state index contributed by atoms with van der Waals surface area (Å²) >= 11 is 0. The summed E-state index contributed by atoms with van der Waals surface area (Å²) in [4.78, 5) is 37.8. The van der Waals surface area contributed by atoms with Crippen LogP contribution in [0.15, 0.2) is 24.3 Å². The van der Waals surface area contributed by atoms with E-state index >= 15 is 0 Å². The quantitative estimate of drug-likeness (QED) is 0.357. The van der Waals surface area contributed by atoms with Crippen molar-refractivity contribution >= 4 is 23.6 Å². The molecular weight excluding hydrogens is 486 g/mol. The van der Waals surface area contributed by atoms with Gasteiger partial charge in [0.25, 0.3) is 5.91 Å². The third-order valence-electron chi connectivity index (χ3n) is 7.81. The lowest BCUT2D eigenvalue weighted by atomic mass is 9.92. The lowest BCUT2D eigenvalue weighted by Gasteiger charge is -2.39. The highest BCUT2D eigenvalue weighted by Gasteiger charge is 2.30. The molecule has 204 valence electrons. The van der Waals surface area contributed by atoms with Crippen LogP contribution in [-0.4, -0.2) is 87.8 Å². The summed E-state index contributed by atoms with van der Waals surface area (Å²) in [6.45, 7) is 7.27. The van der Waals surface area contributed by atoms with Crippen LogP contribution in [0.25, 0.3) is 0 Å². The van der Waals surface area contributed by atoms with E-state index in [9.17, 15) is 19.8 Å². The molecule has 3 aliphatic rings. The van der Waals surface area contributed by atoms with Crippen LogP contribution in [-0.2, 0) is 17.8 Å². The van der Waals surface area contributed by atoms with Crippen LogP contribution < -0.4 is 20.9 Å². The number of benzene rings is 1. The minimum absolute atomic E-state index is 0.0431. The van der Waals surface area contributed by atoms with Gasteiger partial charge in [0, 0.05) is 58.3 Å². The number of amides is 2. The molecule has 11 heteroatoms. The zero-order valence-corrected chi connectivity index (χ0v) is 22.0. The van der Waals surface area contributed by atoms with Crippen molar-refractivity contribution in [2.75, 3.05) is 42.9 Å². The van der Waals surface area contributed by atoms with Crippen LogP contribution in [0.2, 0.25) is 0 Å². The Morgan fingerprint density at radius 3 is 2.66 bits per heavy atom. The highest BCUT2D eigenvalue weighted by molar-refractivity contribution is 5.93. The number of phenolic OH excluding ortho intramolecular Hbond substituents is 1. The predicted molar refractivity (Wildman–Crippen MR) is 143 cm³/mol. The Morgan fingerprint density at radius 1 is 1.16 bits per heavy atom. The van der Waals surface area contributed by atoms with E-state index in [0.29, 0.717) is 43.7 Å². The van der Waals surface area contributed by atoms with Gasteiger partial charge in [-0.25, -0.2) is 4.98 Å². The Kier molecular flexibility index (Phi) is 7.66. The Balaban J connectivity index is 1.24. The summed E-state index contributed by atoms with van der Waals surface area (Å²) in [6, 6.07) is 6.75. The van der Waals surface area contributed by atoms with Crippen molar-refractivity contribution < 1.29 is 19.8 Å². The average Bonchev–Trinajstić information content (AvgIpc) is 2.88. The number of nitrogens with one attached hydrogen (secondary N) is 3. The number of nitrogens with zero attached hydrogens (tertiary/aromatic N) is 4. The Morgan fingerprint density at radius 2 is 1.92 bits per heavy atom. The fourth-order valence-corrected chi connectivity index (χ4v) is 5.24. The molecule has 2 fully saturated rings. The number of likely N-dealkylation sites (tertiary alicyclic amines) is 1. The van der Waals surface area contributed by atoms with Gasteiger partial charge in [-0.2, -0.15) is 4.98 Å². The number of carbonyl (C=O) groups is 2. The number of anilines is 2. The maximum absolute atomic E-state index is 13.2. The lowest BCUT2D eigenvalue weighted by Crippen LogP contribution is -2.56. The molecule has 5 rings (SSSR count). The third-order valence-corrected chi connectivity index (χ3v) is 7.81. The summed E-state index contributed by atoms with van der Waals surface area (Å²) in [5, 5.41) is 30.0. The molecule has 0 saturated carbocycles. The first-order chi connectivity index (χ1) is 18.2. The fourth-order valence-electron chi connectivity index (χ4n) is 5.24. The smallest absolute Gasteiger partial charge is 0.270 e. The molecule has 0 radical (unpaired) electrons. The van der Waals surface area contributed by atoms with E-state index in [4.69, 9.17) is 4.98 Å². The zero-order chi connectivity index (χ0) is 26.8. The van der Waals surface area contributed by atoms with Crippen molar-refractivity contribution in [2.24, 2.45) is 5.92 Å². The molecule has 0 aliphatic carbocycles. The van der Waals surface area contributed by atoms with Crippen LogP contribution in [0.3, 0.4) is 0 Å². The number of hydrogen-bond donors (Lipinski definition) is 5. The van der Waals surface area contributed by atoms with Crippen molar-refractivity contribution in [2.45, 2.75) is 57.8 Å². The van der Waals surface area contributed by atoms with Crippen LogP contribution >= 0.6 is 0 Å². The summed E-state index contributed by atoms with van der Waals surface area (Å²) in [5.41, 5.74) is 2.32. The topological polar surface area (TPSA) is 143 Å². The van der Waals surface area contributed by atoms with E-state index in [1.807, 2.05) is 6.07 Å². The molecule has 1 aromatic heterocycles. The highest BCUT2D eigenvalue weighted by Crippen LogP contribution is 2.24.